The minimum atomic E-state index is -0.587. The highest BCUT2D eigenvalue weighted by Crippen LogP contribution is 2.28. The van der Waals surface area contributed by atoms with E-state index in [2.05, 4.69) is 5.32 Å². The third-order valence-electron chi connectivity index (χ3n) is 5.79. The van der Waals surface area contributed by atoms with Crippen LogP contribution in [0.5, 0.6) is 5.75 Å². The maximum atomic E-state index is 12.7. The number of methoxy groups -OCH3 is 1. The SMILES string of the molecule is COC(=O)C1=C(Nc2ccc(OC3CCN(C(=O)OC(C)(C)C)CC3)c(C)c2)C(=O)N(CCO)C1. The number of rotatable bonds is 7. The third kappa shape index (κ3) is 6.66. The number of carbonyl (C=O) groups is 3. The van der Waals surface area contributed by atoms with Gasteiger partial charge in [0.05, 0.1) is 25.8 Å². The van der Waals surface area contributed by atoms with Crippen LogP contribution in [0.15, 0.2) is 29.5 Å². The fourth-order valence-electron chi connectivity index (χ4n) is 4.01. The molecular weight excluding hydrogens is 454 g/mol. The zero-order valence-electron chi connectivity index (χ0n) is 21.1. The number of likely N-dealkylation sites (tertiary alicyclic amines) is 1. The van der Waals surface area contributed by atoms with E-state index >= 15 is 0 Å². The fraction of sp³-hybridized carbons (Fsp3) is 0.560. The largest absolute Gasteiger partial charge is 0.490 e. The van der Waals surface area contributed by atoms with Gasteiger partial charge in [-0.1, -0.05) is 0 Å². The summed E-state index contributed by atoms with van der Waals surface area (Å²) in [6, 6.07) is 5.44. The van der Waals surface area contributed by atoms with Gasteiger partial charge < -0.3 is 34.4 Å². The van der Waals surface area contributed by atoms with E-state index in [4.69, 9.17) is 14.2 Å². The molecule has 0 atom stereocenters. The number of aliphatic hydroxyl groups excluding tert-OH is 1. The summed E-state index contributed by atoms with van der Waals surface area (Å²) in [4.78, 5) is 40.3. The molecule has 2 aliphatic rings. The predicted octanol–water partition coefficient (Wildman–Crippen LogP) is 2.45. The number of nitrogens with one attached hydrogen (secondary N) is 1. The van der Waals surface area contributed by atoms with Crippen molar-refractivity contribution >= 4 is 23.7 Å². The van der Waals surface area contributed by atoms with Crippen molar-refractivity contribution in [2.75, 3.05) is 45.2 Å². The number of hydrogen-bond acceptors (Lipinski definition) is 8. The Morgan fingerprint density at radius 2 is 1.89 bits per heavy atom. The number of hydrogen-bond donors (Lipinski definition) is 2. The highest BCUT2D eigenvalue weighted by molar-refractivity contribution is 6.08. The molecule has 0 aliphatic carbocycles. The second-order valence-electron chi connectivity index (χ2n) is 9.69. The Labute approximate surface area is 205 Å². The molecule has 35 heavy (non-hydrogen) atoms. The smallest absolute Gasteiger partial charge is 0.410 e. The zero-order chi connectivity index (χ0) is 25.8. The van der Waals surface area contributed by atoms with Crippen LogP contribution in [0.1, 0.15) is 39.2 Å². The molecule has 1 aromatic rings. The van der Waals surface area contributed by atoms with Crippen LogP contribution >= 0.6 is 0 Å². The van der Waals surface area contributed by atoms with E-state index in [1.165, 1.54) is 12.0 Å². The lowest BCUT2D eigenvalue weighted by Gasteiger charge is -2.33. The standard InChI is InChI=1S/C25H35N3O7/c1-16-14-17(26-21-19(23(31)33-5)15-28(12-13-29)22(21)30)6-7-20(16)34-18-8-10-27(11-9-18)24(32)35-25(2,3)4/h6-7,14,18,26,29H,8-13,15H2,1-5H3. The number of ether oxygens (including phenoxy) is 3. The second-order valence-corrected chi connectivity index (χ2v) is 9.69. The molecule has 2 heterocycles. The molecule has 192 valence electrons. The number of piperidine rings is 1. The Morgan fingerprint density at radius 1 is 1.20 bits per heavy atom. The maximum Gasteiger partial charge on any atom is 0.410 e. The maximum absolute atomic E-state index is 12.7. The first kappa shape index (κ1) is 26.3. The first-order valence-electron chi connectivity index (χ1n) is 11.8. The zero-order valence-corrected chi connectivity index (χ0v) is 21.1. The van der Waals surface area contributed by atoms with E-state index < -0.39 is 11.6 Å². The second kappa shape index (κ2) is 11.0. The molecule has 2 amide bonds. The lowest BCUT2D eigenvalue weighted by molar-refractivity contribution is -0.136. The summed E-state index contributed by atoms with van der Waals surface area (Å²) < 4.78 is 16.5. The fourth-order valence-corrected chi connectivity index (χ4v) is 4.01. The highest BCUT2D eigenvalue weighted by Gasteiger charge is 2.34. The molecule has 10 nitrogen and oxygen atoms in total. The lowest BCUT2D eigenvalue weighted by atomic mass is 10.1. The molecule has 2 aliphatic heterocycles. The van der Waals surface area contributed by atoms with Gasteiger partial charge in [0, 0.05) is 38.2 Å². The summed E-state index contributed by atoms with van der Waals surface area (Å²) in [5.74, 6) is -0.238. The normalized spacial score (nSPS) is 17.0. The van der Waals surface area contributed by atoms with E-state index in [1.54, 1.807) is 11.0 Å². The minimum absolute atomic E-state index is 0.0247. The van der Waals surface area contributed by atoms with Crippen LogP contribution in [-0.2, 0) is 19.1 Å². The number of amides is 2. The van der Waals surface area contributed by atoms with Crippen LogP contribution in [0.25, 0.3) is 0 Å². The molecule has 0 bridgehead atoms. The number of aryl methyl sites for hydroxylation is 1. The van der Waals surface area contributed by atoms with Gasteiger partial charge in [0.1, 0.15) is 23.2 Å². The van der Waals surface area contributed by atoms with Crippen LogP contribution in [0.3, 0.4) is 0 Å². The summed E-state index contributed by atoms with van der Waals surface area (Å²) >= 11 is 0. The van der Waals surface area contributed by atoms with Gasteiger partial charge in [0.15, 0.2) is 0 Å². The molecule has 1 aromatic carbocycles. The van der Waals surface area contributed by atoms with Crippen LogP contribution in [0.4, 0.5) is 10.5 Å². The van der Waals surface area contributed by atoms with Gasteiger partial charge in [-0.05, 0) is 51.5 Å². The third-order valence-corrected chi connectivity index (χ3v) is 5.79. The van der Waals surface area contributed by atoms with Crippen molar-refractivity contribution in [1.82, 2.24) is 9.80 Å². The number of aliphatic hydroxyl groups is 1. The Bertz CT molecular complexity index is 991. The van der Waals surface area contributed by atoms with E-state index in [1.807, 2.05) is 39.8 Å². The topological polar surface area (TPSA) is 118 Å². The molecule has 0 spiro atoms. The van der Waals surface area contributed by atoms with Crippen molar-refractivity contribution in [2.45, 2.75) is 52.2 Å². The van der Waals surface area contributed by atoms with Gasteiger partial charge in [-0.25, -0.2) is 9.59 Å². The summed E-state index contributed by atoms with van der Waals surface area (Å²) in [5, 5.41) is 12.2. The molecule has 2 N–H and O–H groups in total. The van der Waals surface area contributed by atoms with Crippen molar-refractivity contribution in [3.8, 4) is 5.75 Å². The first-order chi connectivity index (χ1) is 16.5. The first-order valence-corrected chi connectivity index (χ1v) is 11.8. The van der Waals surface area contributed by atoms with E-state index in [0.29, 0.717) is 37.4 Å². The van der Waals surface area contributed by atoms with Crippen molar-refractivity contribution in [3.05, 3.63) is 35.0 Å². The number of benzene rings is 1. The van der Waals surface area contributed by atoms with Gasteiger partial charge in [-0.2, -0.15) is 0 Å². The highest BCUT2D eigenvalue weighted by atomic mass is 16.6. The molecule has 0 saturated carbocycles. The number of nitrogens with zero attached hydrogens (tertiary/aromatic N) is 2. The summed E-state index contributed by atoms with van der Waals surface area (Å²) in [7, 11) is 1.26. The van der Waals surface area contributed by atoms with Crippen molar-refractivity contribution < 1.29 is 33.7 Å². The molecular formula is C25H35N3O7. The monoisotopic (exact) mass is 489 g/mol. The Morgan fingerprint density at radius 3 is 2.46 bits per heavy atom. The summed E-state index contributed by atoms with van der Waals surface area (Å²) in [6.45, 7) is 8.59. The van der Waals surface area contributed by atoms with Crippen LogP contribution in [0.2, 0.25) is 0 Å². The molecule has 1 fully saturated rings. The van der Waals surface area contributed by atoms with Crippen LogP contribution in [-0.4, -0.2) is 84.5 Å². The lowest BCUT2D eigenvalue weighted by Crippen LogP contribution is -2.44. The molecule has 0 unspecified atom stereocenters. The molecule has 0 radical (unpaired) electrons. The molecule has 0 aromatic heterocycles. The molecule has 1 saturated heterocycles. The predicted molar refractivity (Wildman–Crippen MR) is 129 cm³/mol. The molecule has 3 rings (SSSR count). The van der Waals surface area contributed by atoms with Gasteiger partial charge in [0.25, 0.3) is 5.91 Å². The minimum Gasteiger partial charge on any atom is -0.490 e. The summed E-state index contributed by atoms with van der Waals surface area (Å²) in [5.41, 5.74) is 1.34. The van der Waals surface area contributed by atoms with E-state index in [0.717, 1.165) is 5.56 Å². The summed E-state index contributed by atoms with van der Waals surface area (Å²) in [6.07, 6.45) is 1.07. The van der Waals surface area contributed by atoms with Crippen LogP contribution < -0.4 is 10.1 Å². The van der Waals surface area contributed by atoms with Gasteiger partial charge in [-0.3, -0.25) is 4.79 Å². The average molecular weight is 490 g/mol. The number of esters is 1. The number of anilines is 1. The number of carbonyl (C=O) groups excluding carboxylic acids is 3. The van der Waals surface area contributed by atoms with E-state index in [-0.39, 0.29) is 49.1 Å². The quantitative estimate of drug-likeness (QED) is 0.561. The van der Waals surface area contributed by atoms with Gasteiger partial charge in [0.2, 0.25) is 0 Å². The Kier molecular flexibility index (Phi) is 8.26. The Hall–Kier alpha value is -3.27. The van der Waals surface area contributed by atoms with Crippen molar-refractivity contribution in [3.63, 3.8) is 0 Å². The van der Waals surface area contributed by atoms with E-state index in [9.17, 15) is 19.5 Å². The van der Waals surface area contributed by atoms with Crippen molar-refractivity contribution in [1.29, 1.82) is 0 Å². The molecule has 10 heteroatoms. The Balaban J connectivity index is 1.62. The van der Waals surface area contributed by atoms with Crippen molar-refractivity contribution in [2.24, 2.45) is 0 Å². The van der Waals surface area contributed by atoms with Gasteiger partial charge >= 0.3 is 12.1 Å². The van der Waals surface area contributed by atoms with Crippen LogP contribution in [0, 0.1) is 6.92 Å². The average Bonchev–Trinajstić information content (AvgIpc) is 3.10. The number of β-amino-alcohol motifs (C(OH)–C–C–N with tert-alkyl or cyclic N) is 1. The van der Waals surface area contributed by atoms with Gasteiger partial charge in [-0.15, -0.1) is 0 Å².